The standard InChI is InChI=1S/C11H9BrN4S/c12-7-1-6(2-14-3-7)11-15-9-5-17-4-8(9)10(13)16-11/h1-3H,4-5H2,(H2,13,15,16). The molecule has 17 heavy (non-hydrogen) atoms. The number of pyridine rings is 1. The first-order chi connectivity index (χ1) is 8.24. The molecule has 86 valence electrons. The van der Waals surface area contributed by atoms with E-state index in [9.17, 15) is 0 Å². The van der Waals surface area contributed by atoms with Crippen LogP contribution in [0.5, 0.6) is 0 Å². The summed E-state index contributed by atoms with van der Waals surface area (Å²) in [7, 11) is 0. The van der Waals surface area contributed by atoms with Gasteiger partial charge in [0.15, 0.2) is 5.82 Å². The van der Waals surface area contributed by atoms with Crippen LogP contribution >= 0.6 is 27.7 Å². The van der Waals surface area contributed by atoms with E-state index in [1.165, 1.54) is 0 Å². The third-order valence-electron chi connectivity index (χ3n) is 2.57. The van der Waals surface area contributed by atoms with Crippen molar-refractivity contribution in [2.75, 3.05) is 5.73 Å². The van der Waals surface area contributed by atoms with E-state index < -0.39 is 0 Å². The van der Waals surface area contributed by atoms with Gasteiger partial charge in [0.2, 0.25) is 0 Å². The van der Waals surface area contributed by atoms with Gasteiger partial charge in [-0.05, 0) is 22.0 Å². The van der Waals surface area contributed by atoms with Crippen molar-refractivity contribution in [1.29, 1.82) is 0 Å². The maximum atomic E-state index is 5.95. The molecule has 0 saturated heterocycles. The van der Waals surface area contributed by atoms with Gasteiger partial charge in [-0.3, -0.25) is 4.98 Å². The fourth-order valence-electron chi connectivity index (χ4n) is 1.74. The van der Waals surface area contributed by atoms with Gasteiger partial charge in [-0.25, -0.2) is 9.97 Å². The minimum atomic E-state index is 0.593. The summed E-state index contributed by atoms with van der Waals surface area (Å²) in [6.07, 6.45) is 3.48. The van der Waals surface area contributed by atoms with Crippen LogP contribution in [-0.4, -0.2) is 15.0 Å². The molecule has 2 aromatic heterocycles. The maximum Gasteiger partial charge on any atom is 0.163 e. The van der Waals surface area contributed by atoms with Crippen LogP contribution < -0.4 is 5.73 Å². The summed E-state index contributed by atoms with van der Waals surface area (Å²) in [6, 6.07) is 1.94. The third kappa shape index (κ3) is 2.02. The molecule has 1 aliphatic heterocycles. The molecule has 1 aliphatic rings. The van der Waals surface area contributed by atoms with Crippen LogP contribution in [0.3, 0.4) is 0 Å². The molecular weight excluding hydrogens is 300 g/mol. The van der Waals surface area contributed by atoms with Gasteiger partial charge in [-0.15, -0.1) is 0 Å². The lowest BCUT2D eigenvalue weighted by Gasteiger charge is -2.06. The highest BCUT2D eigenvalue weighted by atomic mass is 79.9. The molecule has 0 atom stereocenters. The summed E-state index contributed by atoms with van der Waals surface area (Å²) in [6.45, 7) is 0. The highest BCUT2D eigenvalue weighted by Crippen LogP contribution is 2.33. The van der Waals surface area contributed by atoms with Crippen LogP contribution in [-0.2, 0) is 11.5 Å². The predicted octanol–water partition coefficient (Wildman–Crippen LogP) is 2.63. The second kappa shape index (κ2) is 4.27. The summed E-state index contributed by atoms with van der Waals surface area (Å²) in [4.78, 5) is 13.0. The second-order valence-electron chi connectivity index (χ2n) is 3.74. The largest absolute Gasteiger partial charge is 0.383 e. The SMILES string of the molecule is Nc1nc(-c2cncc(Br)c2)nc2c1CSC2. The molecule has 3 rings (SSSR count). The molecule has 3 heterocycles. The lowest BCUT2D eigenvalue weighted by Crippen LogP contribution is -2.02. The first kappa shape index (κ1) is 11.0. The smallest absolute Gasteiger partial charge is 0.163 e. The Hall–Kier alpha value is -1.14. The van der Waals surface area contributed by atoms with Crippen molar-refractivity contribution in [2.24, 2.45) is 0 Å². The zero-order valence-corrected chi connectivity index (χ0v) is 11.3. The minimum Gasteiger partial charge on any atom is -0.383 e. The molecule has 0 radical (unpaired) electrons. The Labute approximate surface area is 111 Å². The van der Waals surface area contributed by atoms with E-state index in [4.69, 9.17) is 5.73 Å². The van der Waals surface area contributed by atoms with E-state index in [1.807, 2.05) is 17.8 Å². The number of fused-ring (bicyclic) bond motifs is 1. The lowest BCUT2D eigenvalue weighted by atomic mass is 10.2. The Balaban J connectivity index is 2.13. The predicted molar refractivity (Wildman–Crippen MR) is 72.4 cm³/mol. The van der Waals surface area contributed by atoms with Gasteiger partial charge >= 0.3 is 0 Å². The monoisotopic (exact) mass is 308 g/mol. The molecule has 0 aromatic carbocycles. The molecule has 0 amide bonds. The number of aromatic nitrogens is 3. The highest BCUT2D eigenvalue weighted by molar-refractivity contribution is 9.10. The van der Waals surface area contributed by atoms with Crippen molar-refractivity contribution in [3.8, 4) is 11.4 Å². The van der Waals surface area contributed by atoms with E-state index in [1.54, 1.807) is 12.4 Å². The maximum absolute atomic E-state index is 5.95. The van der Waals surface area contributed by atoms with Crippen molar-refractivity contribution >= 4 is 33.5 Å². The van der Waals surface area contributed by atoms with E-state index >= 15 is 0 Å². The van der Waals surface area contributed by atoms with Crippen molar-refractivity contribution in [2.45, 2.75) is 11.5 Å². The zero-order valence-electron chi connectivity index (χ0n) is 8.85. The topological polar surface area (TPSA) is 64.7 Å². The molecule has 2 N–H and O–H groups in total. The Morgan fingerprint density at radius 2 is 2.12 bits per heavy atom. The van der Waals surface area contributed by atoms with Crippen molar-refractivity contribution in [1.82, 2.24) is 15.0 Å². The van der Waals surface area contributed by atoms with Crippen LogP contribution in [0.15, 0.2) is 22.9 Å². The first-order valence-corrected chi connectivity index (χ1v) is 7.03. The average Bonchev–Trinajstić information content (AvgIpc) is 2.77. The quantitative estimate of drug-likeness (QED) is 0.877. The van der Waals surface area contributed by atoms with Crippen molar-refractivity contribution in [3.05, 3.63) is 34.2 Å². The summed E-state index contributed by atoms with van der Waals surface area (Å²) < 4.78 is 0.909. The van der Waals surface area contributed by atoms with E-state index in [0.717, 1.165) is 32.8 Å². The molecule has 0 aliphatic carbocycles. The molecule has 0 spiro atoms. The van der Waals surface area contributed by atoms with E-state index in [2.05, 4.69) is 30.9 Å². The minimum absolute atomic E-state index is 0.593. The van der Waals surface area contributed by atoms with Crippen LogP contribution in [0.4, 0.5) is 5.82 Å². The fraction of sp³-hybridized carbons (Fsp3) is 0.182. The molecular formula is C11H9BrN4S. The van der Waals surface area contributed by atoms with E-state index in [-0.39, 0.29) is 0 Å². The third-order valence-corrected chi connectivity index (χ3v) is 3.98. The van der Waals surface area contributed by atoms with Gasteiger partial charge in [0.1, 0.15) is 5.82 Å². The molecule has 0 bridgehead atoms. The van der Waals surface area contributed by atoms with Gasteiger partial charge in [0.05, 0.1) is 5.69 Å². The molecule has 6 heteroatoms. The fourth-order valence-corrected chi connectivity index (χ4v) is 3.16. The van der Waals surface area contributed by atoms with Crippen molar-refractivity contribution < 1.29 is 0 Å². The lowest BCUT2D eigenvalue weighted by molar-refractivity contribution is 1.08. The van der Waals surface area contributed by atoms with E-state index in [0.29, 0.717) is 11.6 Å². The van der Waals surface area contributed by atoms with Gasteiger partial charge in [0.25, 0.3) is 0 Å². The number of hydrogen-bond donors (Lipinski definition) is 1. The zero-order chi connectivity index (χ0) is 11.8. The first-order valence-electron chi connectivity index (χ1n) is 5.08. The summed E-state index contributed by atoms with van der Waals surface area (Å²) in [5.74, 6) is 3.07. The number of nitrogens with zero attached hydrogens (tertiary/aromatic N) is 3. The Morgan fingerprint density at radius 1 is 1.24 bits per heavy atom. The number of hydrogen-bond acceptors (Lipinski definition) is 5. The number of nitrogen functional groups attached to an aromatic ring is 1. The van der Waals surface area contributed by atoms with Crippen molar-refractivity contribution in [3.63, 3.8) is 0 Å². The van der Waals surface area contributed by atoms with Gasteiger partial charge in [-0.1, -0.05) is 0 Å². The molecule has 0 saturated carbocycles. The van der Waals surface area contributed by atoms with Gasteiger partial charge in [0, 0.05) is 39.5 Å². The summed E-state index contributed by atoms with van der Waals surface area (Å²) in [5, 5.41) is 0. The Kier molecular flexibility index (Phi) is 2.76. The summed E-state index contributed by atoms with van der Waals surface area (Å²) in [5.41, 5.74) is 8.97. The molecule has 2 aromatic rings. The summed E-state index contributed by atoms with van der Waals surface area (Å²) >= 11 is 5.20. The normalized spacial score (nSPS) is 13.7. The molecule has 0 fully saturated rings. The van der Waals surface area contributed by atoms with Gasteiger partial charge < -0.3 is 5.73 Å². The average molecular weight is 309 g/mol. The van der Waals surface area contributed by atoms with Crippen LogP contribution in [0.2, 0.25) is 0 Å². The Morgan fingerprint density at radius 3 is 2.94 bits per heavy atom. The molecule has 4 nitrogen and oxygen atoms in total. The highest BCUT2D eigenvalue weighted by Gasteiger charge is 2.18. The number of nitrogens with two attached hydrogens (primary N) is 1. The van der Waals surface area contributed by atoms with Crippen LogP contribution in [0, 0.1) is 0 Å². The number of rotatable bonds is 1. The number of thioether (sulfide) groups is 1. The number of anilines is 1. The Bertz CT molecular complexity index is 588. The van der Waals surface area contributed by atoms with Crippen LogP contribution in [0.25, 0.3) is 11.4 Å². The molecule has 0 unspecified atom stereocenters. The second-order valence-corrected chi connectivity index (χ2v) is 5.64. The van der Waals surface area contributed by atoms with Crippen LogP contribution in [0.1, 0.15) is 11.3 Å². The van der Waals surface area contributed by atoms with Gasteiger partial charge in [-0.2, -0.15) is 11.8 Å². The number of halogens is 1.